The average Bonchev–Trinajstić information content (AvgIpc) is 2.64. The van der Waals surface area contributed by atoms with Crippen LogP contribution in [0.1, 0.15) is 31.7 Å². The van der Waals surface area contributed by atoms with Crippen LogP contribution >= 0.6 is 0 Å². The molecule has 0 bridgehead atoms. The fraction of sp³-hybridized carbons (Fsp3) is 0.333. The van der Waals surface area contributed by atoms with Crippen LogP contribution in [0.15, 0.2) is 71.1 Å². The van der Waals surface area contributed by atoms with Gasteiger partial charge in [0.2, 0.25) is 10.0 Å². The van der Waals surface area contributed by atoms with Gasteiger partial charge in [0.15, 0.2) is 4.90 Å². The number of rotatable bonds is 8. The zero-order chi connectivity index (χ0) is 20.1. The molecule has 0 atom stereocenters. The number of benzene rings is 2. The first kappa shape index (κ1) is 20.2. The number of nitrogens with zero attached hydrogens (tertiary/aromatic N) is 2. The first-order valence-corrected chi connectivity index (χ1v) is 10.8. The fourth-order valence-corrected chi connectivity index (χ4v) is 4.80. The van der Waals surface area contributed by atoms with E-state index in [0.29, 0.717) is 5.92 Å². The second kappa shape index (κ2) is 8.67. The summed E-state index contributed by atoms with van der Waals surface area (Å²) in [6.45, 7) is 2.37. The van der Waals surface area contributed by atoms with Gasteiger partial charge in [-0.05, 0) is 37.3 Å². The number of para-hydroxylation sites is 1. The standard InChI is InChI=1S/C21H24N2O4S/c1-17(19-10-7-11-19)14-15-22(16-18-8-3-2-4-9-18)28(26,27)21-13-6-5-12-20(21)23(24)25/h2-6,8-9,12-14,19H,7,10-11,15-16H2,1H3/b17-14+. The minimum atomic E-state index is -4.04. The molecule has 0 saturated heterocycles. The van der Waals surface area contributed by atoms with Crippen molar-refractivity contribution in [2.75, 3.05) is 6.54 Å². The molecule has 2 aromatic carbocycles. The van der Waals surface area contributed by atoms with Gasteiger partial charge in [0, 0.05) is 19.2 Å². The molecule has 0 spiro atoms. The summed E-state index contributed by atoms with van der Waals surface area (Å²) >= 11 is 0. The minimum absolute atomic E-state index is 0.156. The molecular formula is C21H24N2O4S. The van der Waals surface area contributed by atoms with Crippen LogP contribution in [-0.2, 0) is 16.6 Å². The third-order valence-electron chi connectivity index (χ3n) is 5.25. The van der Waals surface area contributed by atoms with Crippen molar-refractivity contribution in [3.63, 3.8) is 0 Å². The lowest BCUT2D eigenvalue weighted by molar-refractivity contribution is -0.387. The van der Waals surface area contributed by atoms with Crippen molar-refractivity contribution in [1.29, 1.82) is 0 Å². The largest absolute Gasteiger partial charge is 0.289 e. The zero-order valence-corrected chi connectivity index (χ0v) is 16.6. The number of sulfonamides is 1. The van der Waals surface area contributed by atoms with Gasteiger partial charge in [-0.25, -0.2) is 8.42 Å². The Balaban J connectivity index is 1.96. The monoisotopic (exact) mass is 400 g/mol. The Bertz CT molecular complexity index is 967. The van der Waals surface area contributed by atoms with Gasteiger partial charge < -0.3 is 0 Å². The normalized spacial score (nSPS) is 15.4. The highest BCUT2D eigenvalue weighted by Gasteiger charge is 2.31. The molecule has 6 nitrogen and oxygen atoms in total. The number of nitro groups is 1. The lowest BCUT2D eigenvalue weighted by Gasteiger charge is -2.27. The number of hydrogen-bond acceptors (Lipinski definition) is 4. The Labute approximate surface area is 165 Å². The Morgan fingerprint density at radius 1 is 1.14 bits per heavy atom. The van der Waals surface area contributed by atoms with Gasteiger partial charge in [-0.3, -0.25) is 10.1 Å². The summed E-state index contributed by atoms with van der Waals surface area (Å²) in [7, 11) is -4.04. The molecule has 7 heteroatoms. The van der Waals surface area contributed by atoms with E-state index in [1.807, 2.05) is 43.3 Å². The van der Waals surface area contributed by atoms with E-state index in [-0.39, 0.29) is 18.0 Å². The molecule has 0 heterocycles. The molecule has 3 rings (SSSR count). The molecule has 148 valence electrons. The van der Waals surface area contributed by atoms with Crippen LogP contribution < -0.4 is 0 Å². The summed E-state index contributed by atoms with van der Waals surface area (Å²) in [5, 5.41) is 11.4. The molecule has 1 saturated carbocycles. The van der Waals surface area contributed by atoms with E-state index < -0.39 is 20.6 Å². The Kier molecular flexibility index (Phi) is 6.26. The van der Waals surface area contributed by atoms with E-state index in [9.17, 15) is 18.5 Å². The number of allylic oxidation sites excluding steroid dienone is 1. The summed E-state index contributed by atoms with van der Waals surface area (Å²) in [5.74, 6) is 0.521. The lowest BCUT2D eigenvalue weighted by Crippen LogP contribution is -2.31. The molecule has 2 aromatic rings. The second-order valence-corrected chi connectivity index (χ2v) is 8.99. The van der Waals surface area contributed by atoms with Crippen LogP contribution in [0.5, 0.6) is 0 Å². The molecule has 0 N–H and O–H groups in total. The number of hydrogen-bond donors (Lipinski definition) is 0. The van der Waals surface area contributed by atoms with E-state index in [4.69, 9.17) is 0 Å². The van der Waals surface area contributed by atoms with E-state index >= 15 is 0 Å². The predicted molar refractivity (Wildman–Crippen MR) is 108 cm³/mol. The topological polar surface area (TPSA) is 80.5 Å². The van der Waals surface area contributed by atoms with E-state index in [2.05, 4.69) is 0 Å². The zero-order valence-electron chi connectivity index (χ0n) is 15.8. The van der Waals surface area contributed by atoms with Gasteiger partial charge in [-0.1, -0.05) is 60.5 Å². The Hall–Kier alpha value is -2.51. The average molecular weight is 401 g/mol. The van der Waals surface area contributed by atoms with Crippen molar-refractivity contribution in [2.24, 2.45) is 5.92 Å². The summed E-state index contributed by atoms with van der Waals surface area (Å²) in [4.78, 5) is 10.4. The maximum Gasteiger partial charge on any atom is 0.289 e. The first-order chi connectivity index (χ1) is 13.4. The van der Waals surface area contributed by atoms with Crippen LogP contribution in [0, 0.1) is 16.0 Å². The van der Waals surface area contributed by atoms with Gasteiger partial charge >= 0.3 is 0 Å². The summed E-state index contributed by atoms with van der Waals surface area (Å²) in [5.41, 5.74) is 1.61. The van der Waals surface area contributed by atoms with Gasteiger partial charge in [0.05, 0.1) is 4.92 Å². The third-order valence-corrected chi connectivity index (χ3v) is 7.11. The fourth-order valence-electron chi connectivity index (χ4n) is 3.28. The molecule has 0 amide bonds. The second-order valence-electron chi connectivity index (χ2n) is 7.08. The molecule has 0 aliphatic heterocycles. The first-order valence-electron chi connectivity index (χ1n) is 9.33. The lowest BCUT2D eigenvalue weighted by atomic mass is 9.80. The van der Waals surface area contributed by atoms with Crippen LogP contribution in [0.4, 0.5) is 5.69 Å². The van der Waals surface area contributed by atoms with E-state index in [1.54, 1.807) is 0 Å². The van der Waals surface area contributed by atoms with Crippen molar-refractivity contribution >= 4 is 15.7 Å². The summed E-state index contributed by atoms with van der Waals surface area (Å²) in [6.07, 6.45) is 5.42. The highest BCUT2D eigenvalue weighted by atomic mass is 32.2. The predicted octanol–water partition coefficient (Wildman–Crippen LogP) is 4.53. The molecule has 0 aromatic heterocycles. The highest BCUT2D eigenvalue weighted by molar-refractivity contribution is 7.89. The molecule has 1 aliphatic rings. The van der Waals surface area contributed by atoms with Gasteiger partial charge in [-0.15, -0.1) is 0 Å². The van der Waals surface area contributed by atoms with Crippen molar-refractivity contribution in [1.82, 2.24) is 4.31 Å². The summed E-state index contributed by atoms with van der Waals surface area (Å²) < 4.78 is 28.0. The van der Waals surface area contributed by atoms with Gasteiger partial charge in [0.25, 0.3) is 5.69 Å². The summed E-state index contributed by atoms with van der Waals surface area (Å²) in [6, 6.07) is 14.8. The van der Waals surface area contributed by atoms with Crippen LogP contribution in [0.25, 0.3) is 0 Å². The maximum absolute atomic E-state index is 13.3. The number of nitro benzene ring substituents is 1. The SMILES string of the molecule is C/C(=C\CN(Cc1ccccc1)S(=O)(=O)c1ccccc1[N+](=O)[O-])C1CCC1. The van der Waals surface area contributed by atoms with Crippen LogP contribution in [0.2, 0.25) is 0 Å². The molecule has 0 unspecified atom stereocenters. The quantitative estimate of drug-likeness (QED) is 0.370. The molecule has 0 radical (unpaired) electrons. The van der Waals surface area contributed by atoms with E-state index in [0.717, 1.165) is 18.4 Å². The highest BCUT2D eigenvalue weighted by Crippen LogP contribution is 2.33. The Morgan fingerprint density at radius 2 is 1.79 bits per heavy atom. The molecular weight excluding hydrogens is 376 g/mol. The van der Waals surface area contributed by atoms with Crippen molar-refractivity contribution in [2.45, 2.75) is 37.6 Å². The maximum atomic E-state index is 13.3. The minimum Gasteiger partial charge on any atom is -0.258 e. The third kappa shape index (κ3) is 4.48. The molecule has 1 fully saturated rings. The van der Waals surface area contributed by atoms with Gasteiger partial charge in [0.1, 0.15) is 0 Å². The molecule has 1 aliphatic carbocycles. The van der Waals surface area contributed by atoms with Crippen LogP contribution in [-0.4, -0.2) is 24.2 Å². The van der Waals surface area contributed by atoms with E-state index in [1.165, 1.54) is 40.6 Å². The smallest absolute Gasteiger partial charge is 0.258 e. The van der Waals surface area contributed by atoms with Crippen molar-refractivity contribution in [3.8, 4) is 0 Å². The van der Waals surface area contributed by atoms with Gasteiger partial charge in [-0.2, -0.15) is 4.31 Å². The van der Waals surface area contributed by atoms with Crippen molar-refractivity contribution < 1.29 is 13.3 Å². The molecule has 28 heavy (non-hydrogen) atoms. The van der Waals surface area contributed by atoms with Crippen molar-refractivity contribution in [3.05, 3.63) is 81.9 Å². The Morgan fingerprint density at radius 3 is 2.39 bits per heavy atom. The van der Waals surface area contributed by atoms with Crippen LogP contribution in [0.3, 0.4) is 0 Å².